The third kappa shape index (κ3) is 5.82. The van der Waals surface area contributed by atoms with Crippen molar-refractivity contribution in [3.63, 3.8) is 0 Å². The number of nitrogens with zero attached hydrogens (tertiary/aromatic N) is 1. The van der Waals surface area contributed by atoms with Gasteiger partial charge in [-0.1, -0.05) is 30.3 Å². The van der Waals surface area contributed by atoms with E-state index in [0.29, 0.717) is 13.2 Å². The molecule has 1 aliphatic heterocycles. The lowest BCUT2D eigenvalue weighted by molar-refractivity contribution is 0.122. The van der Waals surface area contributed by atoms with Gasteiger partial charge in [-0.05, 0) is 55.9 Å². The van der Waals surface area contributed by atoms with Gasteiger partial charge < -0.3 is 15.0 Å². The van der Waals surface area contributed by atoms with E-state index >= 15 is 0 Å². The third-order valence-corrected chi connectivity index (χ3v) is 5.16. The van der Waals surface area contributed by atoms with Crippen LogP contribution in [0, 0.1) is 11.8 Å². The first kappa shape index (κ1) is 17.3. The first-order valence-corrected chi connectivity index (χ1v) is 9.45. The molecule has 0 bridgehead atoms. The summed E-state index contributed by atoms with van der Waals surface area (Å²) in [6, 6.07) is 10.8. The maximum atomic E-state index is 12.2. The number of rotatable bonds is 8. The normalized spacial score (nSPS) is 18.6. The van der Waals surface area contributed by atoms with Gasteiger partial charge in [0.15, 0.2) is 0 Å². The Bertz CT molecular complexity index is 494. The first-order valence-electron chi connectivity index (χ1n) is 9.45. The van der Waals surface area contributed by atoms with Crippen LogP contribution in [0.2, 0.25) is 0 Å². The summed E-state index contributed by atoms with van der Waals surface area (Å²) in [5.41, 5.74) is 1.42. The number of carbonyl (C=O) groups is 1. The van der Waals surface area contributed by atoms with Crippen molar-refractivity contribution in [2.45, 2.75) is 38.5 Å². The summed E-state index contributed by atoms with van der Waals surface area (Å²) in [7, 11) is 0. The summed E-state index contributed by atoms with van der Waals surface area (Å²) in [5.74, 6) is 1.53. The Kier molecular flexibility index (Phi) is 6.53. The van der Waals surface area contributed by atoms with E-state index in [9.17, 15) is 4.79 Å². The maximum absolute atomic E-state index is 12.2. The molecule has 4 nitrogen and oxygen atoms in total. The van der Waals surface area contributed by atoms with Crippen molar-refractivity contribution < 1.29 is 9.53 Å². The van der Waals surface area contributed by atoms with Gasteiger partial charge in [-0.25, -0.2) is 4.79 Å². The average molecular weight is 330 g/mol. The van der Waals surface area contributed by atoms with E-state index in [2.05, 4.69) is 35.6 Å². The lowest BCUT2D eigenvalue weighted by atomic mass is 9.91. The van der Waals surface area contributed by atoms with Gasteiger partial charge in [-0.15, -0.1) is 0 Å². The molecule has 0 aromatic heterocycles. The second-order valence-corrected chi connectivity index (χ2v) is 7.20. The van der Waals surface area contributed by atoms with Crippen molar-refractivity contribution >= 4 is 6.03 Å². The standard InChI is InChI=1S/C20H30N2O2/c23-20(21-12-15-24-16-19-8-9-19)22-13-10-18(11-14-22)7-6-17-4-2-1-3-5-17/h1-5,18-19H,6-16H2,(H,21,23). The Labute approximate surface area is 145 Å². The SMILES string of the molecule is O=C(NCCOCC1CC1)N1CCC(CCc2ccccc2)CC1. The van der Waals surface area contributed by atoms with Crippen LogP contribution in [0.3, 0.4) is 0 Å². The van der Waals surface area contributed by atoms with Crippen LogP contribution in [-0.2, 0) is 11.2 Å². The zero-order valence-corrected chi connectivity index (χ0v) is 14.6. The lowest BCUT2D eigenvalue weighted by Crippen LogP contribution is -2.45. The fourth-order valence-corrected chi connectivity index (χ4v) is 3.32. The Morgan fingerprint density at radius 1 is 1.08 bits per heavy atom. The molecule has 1 aromatic rings. The Morgan fingerprint density at radius 3 is 2.54 bits per heavy atom. The number of hydrogen-bond donors (Lipinski definition) is 1. The minimum absolute atomic E-state index is 0.0755. The van der Waals surface area contributed by atoms with Crippen molar-refractivity contribution in [3.05, 3.63) is 35.9 Å². The number of likely N-dealkylation sites (tertiary alicyclic amines) is 1. The molecular formula is C20H30N2O2. The Hall–Kier alpha value is -1.55. The number of amides is 2. The van der Waals surface area contributed by atoms with Crippen LogP contribution in [-0.4, -0.2) is 43.8 Å². The molecule has 2 amide bonds. The fraction of sp³-hybridized carbons (Fsp3) is 0.650. The van der Waals surface area contributed by atoms with Crippen LogP contribution >= 0.6 is 0 Å². The highest BCUT2D eigenvalue weighted by Gasteiger charge is 2.23. The first-order chi connectivity index (χ1) is 11.8. The van der Waals surface area contributed by atoms with E-state index in [4.69, 9.17) is 4.74 Å². The smallest absolute Gasteiger partial charge is 0.317 e. The van der Waals surface area contributed by atoms with Crippen molar-refractivity contribution in [3.8, 4) is 0 Å². The summed E-state index contributed by atoms with van der Waals surface area (Å²) in [5, 5.41) is 2.98. The summed E-state index contributed by atoms with van der Waals surface area (Å²) >= 11 is 0. The minimum atomic E-state index is 0.0755. The molecule has 132 valence electrons. The number of aryl methyl sites for hydroxylation is 1. The Balaban J connectivity index is 1.26. The molecule has 0 radical (unpaired) electrons. The van der Waals surface area contributed by atoms with E-state index < -0.39 is 0 Å². The van der Waals surface area contributed by atoms with Crippen LogP contribution in [0.5, 0.6) is 0 Å². The van der Waals surface area contributed by atoms with Gasteiger partial charge in [0.05, 0.1) is 6.61 Å². The molecule has 2 aliphatic rings. The summed E-state index contributed by atoms with van der Waals surface area (Å²) in [6.45, 7) is 3.89. The van der Waals surface area contributed by atoms with Gasteiger partial charge in [0.25, 0.3) is 0 Å². The number of carbonyl (C=O) groups excluding carboxylic acids is 1. The zero-order valence-electron chi connectivity index (χ0n) is 14.6. The van der Waals surface area contributed by atoms with E-state index in [1.807, 2.05) is 4.90 Å². The van der Waals surface area contributed by atoms with Gasteiger partial charge in [0.2, 0.25) is 0 Å². The molecule has 0 atom stereocenters. The number of piperidine rings is 1. The molecular weight excluding hydrogens is 300 g/mol. The second-order valence-electron chi connectivity index (χ2n) is 7.20. The number of urea groups is 1. The molecule has 4 heteroatoms. The van der Waals surface area contributed by atoms with Gasteiger partial charge in [0, 0.05) is 26.2 Å². The minimum Gasteiger partial charge on any atom is -0.379 e. The number of ether oxygens (including phenoxy) is 1. The number of nitrogens with one attached hydrogen (secondary N) is 1. The monoisotopic (exact) mass is 330 g/mol. The largest absolute Gasteiger partial charge is 0.379 e. The van der Waals surface area contributed by atoms with Crippen LogP contribution in [0.15, 0.2) is 30.3 Å². The zero-order chi connectivity index (χ0) is 16.6. The van der Waals surface area contributed by atoms with Crippen LogP contribution in [0.4, 0.5) is 4.79 Å². The molecule has 2 fully saturated rings. The van der Waals surface area contributed by atoms with Gasteiger partial charge in [-0.3, -0.25) is 0 Å². The predicted molar refractivity (Wildman–Crippen MR) is 96.0 cm³/mol. The van der Waals surface area contributed by atoms with E-state index in [0.717, 1.165) is 50.8 Å². The lowest BCUT2D eigenvalue weighted by Gasteiger charge is -2.32. The van der Waals surface area contributed by atoms with E-state index in [1.165, 1.54) is 24.8 Å². The maximum Gasteiger partial charge on any atom is 0.317 e. The molecule has 3 rings (SSSR count). The molecule has 1 aliphatic carbocycles. The predicted octanol–water partition coefficient (Wildman–Crippen LogP) is 3.47. The highest BCUT2D eigenvalue weighted by Crippen LogP contribution is 2.28. The highest BCUT2D eigenvalue weighted by molar-refractivity contribution is 5.74. The molecule has 1 saturated heterocycles. The molecule has 1 N–H and O–H groups in total. The summed E-state index contributed by atoms with van der Waals surface area (Å²) in [4.78, 5) is 14.1. The summed E-state index contributed by atoms with van der Waals surface area (Å²) in [6.07, 6.45) is 7.25. The van der Waals surface area contributed by atoms with Crippen LogP contribution in [0.25, 0.3) is 0 Å². The molecule has 1 aromatic carbocycles. The van der Waals surface area contributed by atoms with Gasteiger partial charge >= 0.3 is 6.03 Å². The molecule has 0 spiro atoms. The quantitative estimate of drug-likeness (QED) is 0.742. The fourth-order valence-electron chi connectivity index (χ4n) is 3.32. The topological polar surface area (TPSA) is 41.6 Å². The average Bonchev–Trinajstić information content (AvgIpc) is 3.45. The third-order valence-electron chi connectivity index (χ3n) is 5.16. The van der Waals surface area contributed by atoms with Crippen LogP contribution in [0.1, 0.15) is 37.7 Å². The molecule has 1 saturated carbocycles. The van der Waals surface area contributed by atoms with Gasteiger partial charge in [-0.2, -0.15) is 0 Å². The number of benzene rings is 1. The summed E-state index contributed by atoms with van der Waals surface area (Å²) < 4.78 is 5.55. The van der Waals surface area contributed by atoms with Crippen molar-refractivity contribution in [2.75, 3.05) is 32.8 Å². The van der Waals surface area contributed by atoms with Crippen molar-refractivity contribution in [1.82, 2.24) is 10.2 Å². The number of hydrogen-bond acceptors (Lipinski definition) is 2. The molecule has 0 unspecified atom stereocenters. The van der Waals surface area contributed by atoms with Crippen LogP contribution < -0.4 is 5.32 Å². The van der Waals surface area contributed by atoms with Crippen molar-refractivity contribution in [2.24, 2.45) is 11.8 Å². The molecule has 24 heavy (non-hydrogen) atoms. The second kappa shape index (κ2) is 9.07. The van der Waals surface area contributed by atoms with Crippen molar-refractivity contribution in [1.29, 1.82) is 0 Å². The van der Waals surface area contributed by atoms with E-state index in [1.54, 1.807) is 0 Å². The molecule has 1 heterocycles. The van der Waals surface area contributed by atoms with Gasteiger partial charge in [0.1, 0.15) is 0 Å². The highest BCUT2D eigenvalue weighted by atomic mass is 16.5. The van der Waals surface area contributed by atoms with E-state index in [-0.39, 0.29) is 6.03 Å². The Morgan fingerprint density at radius 2 is 1.83 bits per heavy atom.